The molecule has 2 fully saturated rings. The summed E-state index contributed by atoms with van der Waals surface area (Å²) in [4.78, 5) is 0. The maximum Gasteiger partial charge on any atom is 0.0619 e. The van der Waals surface area contributed by atoms with Crippen molar-refractivity contribution < 1.29 is 4.74 Å². The van der Waals surface area contributed by atoms with Gasteiger partial charge in [-0.15, -0.1) is 0 Å². The zero-order chi connectivity index (χ0) is 10.5. The second-order valence-corrected chi connectivity index (χ2v) is 5.45. The molecule has 15 heavy (non-hydrogen) atoms. The van der Waals surface area contributed by atoms with Gasteiger partial charge >= 0.3 is 0 Å². The Kier molecular flexibility index (Phi) is 4.45. The summed E-state index contributed by atoms with van der Waals surface area (Å²) in [5, 5.41) is 3.68. The molecule has 1 saturated heterocycles. The van der Waals surface area contributed by atoms with Gasteiger partial charge in [0.1, 0.15) is 0 Å². The minimum atomic E-state index is 0.637. The van der Waals surface area contributed by atoms with E-state index in [1.54, 1.807) is 0 Å². The molecule has 0 amide bonds. The van der Waals surface area contributed by atoms with Gasteiger partial charge in [-0.25, -0.2) is 0 Å². The Labute approximate surface area is 93.8 Å². The topological polar surface area (TPSA) is 21.3 Å². The first-order valence-electron chi connectivity index (χ1n) is 6.65. The van der Waals surface area contributed by atoms with E-state index in [1.807, 2.05) is 0 Å². The van der Waals surface area contributed by atoms with Crippen LogP contribution in [0.1, 0.15) is 45.4 Å². The first kappa shape index (κ1) is 11.4. The Bertz CT molecular complexity index is 169. The zero-order valence-corrected chi connectivity index (χ0v) is 10.0. The van der Waals surface area contributed by atoms with Crippen molar-refractivity contribution in [3.63, 3.8) is 0 Å². The number of hydrogen-bond acceptors (Lipinski definition) is 2. The van der Waals surface area contributed by atoms with Gasteiger partial charge in [-0.1, -0.05) is 19.8 Å². The quantitative estimate of drug-likeness (QED) is 0.774. The van der Waals surface area contributed by atoms with Gasteiger partial charge in [0, 0.05) is 12.6 Å². The van der Waals surface area contributed by atoms with Crippen LogP contribution in [0.2, 0.25) is 0 Å². The van der Waals surface area contributed by atoms with Crippen molar-refractivity contribution in [2.45, 2.75) is 51.5 Å². The van der Waals surface area contributed by atoms with Crippen LogP contribution in [0.3, 0.4) is 0 Å². The summed E-state index contributed by atoms with van der Waals surface area (Å²) in [6.45, 7) is 5.52. The van der Waals surface area contributed by atoms with Gasteiger partial charge in [0.25, 0.3) is 0 Å². The van der Waals surface area contributed by atoms with Crippen molar-refractivity contribution in [2.24, 2.45) is 11.8 Å². The highest BCUT2D eigenvalue weighted by atomic mass is 16.5. The van der Waals surface area contributed by atoms with E-state index in [0.717, 1.165) is 25.0 Å². The molecule has 0 radical (unpaired) electrons. The van der Waals surface area contributed by atoms with E-state index in [9.17, 15) is 0 Å². The van der Waals surface area contributed by atoms with Crippen molar-refractivity contribution >= 4 is 0 Å². The van der Waals surface area contributed by atoms with E-state index >= 15 is 0 Å². The van der Waals surface area contributed by atoms with Crippen LogP contribution in [0.15, 0.2) is 0 Å². The van der Waals surface area contributed by atoms with Crippen LogP contribution in [0, 0.1) is 11.8 Å². The molecule has 1 unspecified atom stereocenters. The second kappa shape index (κ2) is 5.86. The van der Waals surface area contributed by atoms with Crippen LogP contribution in [-0.4, -0.2) is 25.8 Å². The Hall–Kier alpha value is -0.0800. The van der Waals surface area contributed by atoms with Crippen LogP contribution >= 0.6 is 0 Å². The standard InChI is InChI=1S/C13H25NO/c1-11-4-6-12(7-5-11)9-14-13-3-2-8-15-10-13/h11-14H,2-10H2,1H3. The van der Waals surface area contributed by atoms with Crippen LogP contribution in [0.5, 0.6) is 0 Å². The fourth-order valence-electron chi connectivity index (χ4n) is 2.77. The third-order valence-electron chi connectivity index (χ3n) is 3.99. The number of ether oxygens (including phenoxy) is 1. The second-order valence-electron chi connectivity index (χ2n) is 5.45. The van der Waals surface area contributed by atoms with Gasteiger partial charge in [-0.3, -0.25) is 0 Å². The molecule has 1 aliphatic heterocycles. The molecule has 0 aromatic rings. The first-order valence-corrected chi connectivity index (χ1v) is 6.65. The highest BCUT2D eigenvalue weighted by Gasteiger charge is 2.20. The van der Waals surface area contributed by atoms with Crippen molar-refractivity contribution in [1.82, 2.24) is 5.32 Å². The summed E-state index contributed by atoms with van der Waals surface area (Å²) in [7, 11) is 0. The van der Waals surface area contributed by atoms with E-state index in [4.69, 9.17) is 4.74 Å². The molecule has 0 bridgehead atoms. The Morgan fingerprint density at radius 2 is 1.93 bits per heavy atom. The monoisotopic (exact) mass is 211 g/mol. The average Bonchev–Trinajstić information content (AvgIpc) is 2.30. The van der Waals surface area contributed by atoms with E-state index in [2.05, 4.69) is 12.2 Å². The van der Waals surface area contributed by atoms with Crippen LogP contribution in [0.25, 0.3) is 0 Å². The SMILES string of the molecule is CC1CCC(CNC2CCCOC2)CC1. The van der Waals surface area contributed by atoms with Gasteiger partial charge in [-0.05, 0) is 44.1 Å². The Balaban J connectivity index is 1.60. The lowest BCUT2D eigenvalue weighted by atomic mass is 9.83. The molecule has 2 aliphatic rings. The van der Waals surface area contributed by atoms with Crippen LogP contribution in [0.4, 0.5) is 0 Å². The first-order chi connectivity index (χ1) is 7.34. The summed E-state index contributed by atoms with van der Waals surface area (Å²) in [6.07, 6.45) is 8.28. The lowest BCUT2D eigenvalue weighted by molar-refractivity contribution is 0.0680. The average molecular weight is 211 g/mol. The van der Waals surface area contributed by atoms with E-state index in [-0.39, 0.29) is 0 Å². The molecule has 1 saturated carbocycles. The lowest BCUT2D eigenvalue weighted by Gasteiger charge is -2.29. The molecule has 1 heterocycles. The predicted molar refractivity (Wildman–Crippen MR) is 63.0 cm³/mol. The van der Waals surface area contributed by atoms with Crippen molar-refractivity contribution in [1.29, 1.82) is 0 Å². The van der Waals surface area contributed by atoms with Gasteiger partial charge in [-0.2, -0.15) is 0 Å². The predicted octanol–water partition coefficient (Wildman–Crippen LogP) is 2.58. The fraction of sp³-hybridized carbons (Fsp3) is 1.00. The maximum atomic E-state index is 5.48. The van der Waals surface area contributed by atoms with E-state index < -0.39 is 0 Å². The van der Waals surface area contributed by atoms with Crippen molar-refractivity contribution in [3.05, 3.63) is 0 Å². The van der Waals surface area contributed by atoms with Crippen LogP contribution < -0.4 is 5.32 Å². The number of hydrogen-bond donors (Lipinski definition) is 1. The summed E-state index contributed by atoms with van der Waals surface area (Å²) in [5.41, 5.74) is 0. The van der Waals surface area contributed by atoms with Gasteiger partial charge < -0.3 is 10.1 Å². The van der Waals surface area contributed by atoms with Crippen molar-refractivity contribution in [2.75, 3.05) is 19.8 Å². The molecule has 2 rings (SSSR count). The molecule has 2 heteroatoms. The summed E-state index contributed by atoms with van der Waals surface area (Å²) in [6, 6.07) is 0.637. The smallest absolute Gasteiger partial charge is 0.0619 e. The molecule has 0 aromatic heterocycles. The lowest BCUT2D eigenvalue weighted by Crippen LogP contribution is -2.40. The van der Waals surface area contributed by atoms with Gasteiger partial charge in [0.2, 0.25) is 0 Å². The Morgan fingerprint density at radius 1 is 1.13 bits per heavy atom. The normalized spacial score (nSPS) is 37.8. The highest BCUT2D eigenvalue weighted by Crippen LogP contribution is 2.27. The summed E-state index contributed by atoms with van der Waals surface area (Å²) >= 11 is 0. The molecular formula is C13H25NO. The zero-order valence-electron chi connectivity index (χ0n) is 10.0. The molecule has 0 spiro atoms. The largest absolute Gasteiger partial charge is 0.380 e. The molecule has 0 aromatic carbocycles. The minimum absolute atomic E-state index is 0.637. The molecular weight excluding hydrogens is 186 g/mol. The van der Waals surface area contributed by atoms with E-state index in [1.165, 1.54) is 45.1 Å². The van der Waals surface area contributed by atoms with Gasteiger partial charge in [0.05, 0.1) is 6.61 Å². The minimum Gasteiger partial charge on any atom is -0.380 e. The number of nitrogens with one attached hydrogen (secondary N) is 1. The number of rotatable bonds is 3. The molecule has 2 nitrogen and oxygen atoms in total. The highest BCUT2D eigenvalue weighted by molar-refractivity contribution is 4.75. The summed E-state index contributed by atoms with van der Waals surface area (Å²) < 4.78 is 5.48. The maximum absolute atomic E-state index is 5.48. The Morgan fingerprint density at radius 3 is 2.60 bits per heavy atom. The fourth-order valence-corrected chi connectivity index (χ4v) is 2.77. The van der Waals surface area contributed by atoms with Crippen LogP contribution in [-0.2, 0) is 4.74 Å². The van der Waals surface area contributed by atoms with E-state index in [0.29, 0.717) is 6.04 Å². The third kappa shape index (κ3) is 3.76. The third-order valence-corrected chi connectivity index (χ3v) is 3.99. The summed E-state index contributed by atoms with van der Waals surface area (Å²) in [5.74, 6) is 1.90. The molecule has 88 valence electrons. The molecule has 1 aliphatic carbocycles. The molecule has 1 atom stereocenters. The van der Waals surface area contributed by atoms with Crippen molar-refractivity contribution in [3.8, 4) is 0 Å². The van der Waals surface area contributed by atoms with Gasteiger partial charge in [0.15, 0.2) is 0 Å². The molecule has 1 N–H and O–H groups in total.